The van der Waals surface area contributed by atoms with Crippen molar-refractivity contribution in [2.75, 3.05) is 19.8 Å². The van der Waals surface area contributed by atoms with Gasteiger partial charge in [0.25, 0.3) is 0 Å². The van der Waals surface area contributed by atoms with Gasteiger partial charge in [0.15, 0.2) is 0 Å². The lowest BCUT2D eigenvalue weighted by Gasteiger charge is -2.35. The summed E-state index contributed by atoms with van der Waals surface area (Å²) in [6.45, 7) is 2.92. The van der Waals surface area contributed by atoms with Crippen LogP contribution in [0.1, 0.15) is 29.8 Å². The second-order valence-electron chi connectivity index (χ2n) is 6.84. The summed E-state index contributed by atoms with van der Waals surface area (Å²) in [5.41, 5.74) is 4.12. The van der Waals surface area contributed by atoms with Gasteiger partial charge in [-0.1, -0.05) is 23.7 Å². The Morgan fingerprint density at radius 2 is 2.10 bits per heavy atom. The van der Waals surface area contributed by atoms with Crippen molar-refractivity contribution >= 4 is 34.8 Å². The zero-order chi connectivity index (χ0) is 20.4. The molecule has 1 unspecified atom stereocenters. The van der Waals surface area contributed by atoms with Crippen molar-refractivity contribution in [1.29, 1.82) is 5.41 Å². The number of benzene rings is 2. The Morgan fingerprint density at radius 3 is 2.83 bits per heavy atom. The molecule has 2 heterocycles. The molecule has 1 aromatic heterocycles. The predicted octanol–water partition coefficient (Wildman–Crippen LogP) is 4.95. The smallest absolute Gasteiger partial charge is 0.410 e. The van der Waals surface area contributed by atoms with E-state index in [-0.39, 0.29) is 18.7 Å². The largest absolute Gasteiger partial charge is 0.488 e. The summed E-state index contributed by atoms with van der Waals surface area (Å²) in [4.78, 5) is 17.9. The van der Waals surface area contributed by atoms with Crippen molar-refractivity contribution in [3.63, 3.8) is 0 Å². The maximum atomic E-state index is 12.7. The van der Waals surface area contributed by atoms with E-state index >= 15 is 0 Å². The maximum Gasteiger partial charge on any atom is 0.410 e. The summed E-state index contributed by atoms with van der Waals surface area (Å²) in [6, 6.07) is 13.1. The van der Waals surface area contributed by atoms with Gasteiger partial charge in [-0.3, -0.25) is 4.90 Å². The molecule has 0 spiro atoms. The molecule has 1 aliphatic rings. The Balaban J connectivity index is 1.79. The van der Waals surface area contributed by atoms with Crippen LogP contribution in [0.5, 0.6) is 5.75 Å². The first-order valence-electron chi connectivity index (χ1n) is 9.57. The molecular weight excluding hydrogens is 390 g/mol. The fourth-order valence-electron chi connectivity index (χ4n) is 3.89. The second kappa shape index (κ2) is 8.17. The number of halogens is 1. The third kappa shape index (κ3) is 3.68. The van der Waals surface area contributed by atoms with E-state index in [1.165, 1.54) is 11.8 Å². The minimum absolute atomic E-state index is 0.227. The van der Waals surface area contributed by atoms with Crippen LogP contribution in [-0.2, 0) is 11.2 Å². The molecule has 3 aromatic rings. The lowest BCUT2D eigenvalue weighted by Crippen LogP contribution is -2.40. The highest BCUT2D eigenvalue weighted by Crippen LogP contribution is 2.39. The molecule has 150 valence electrons. The Labute approximate surface area is 173 Å². The minimum Gasteiger partial charge on any atom is -0.488 e. The number of aromatic amines is 1. The monoisotopic (exact) mass is 411 g/mol. The SMILES string of the molecule is CCOC(=O)N1CCc2c([nH]c3ccc(Cl)cc23)C1c1ccc(OCC=N)cc1. The maximum absolute atomic E-state index is 12.7. The van der Waals surface area contributed by atoms with Gasteiger partial charge in [0.05, 0.1) is 6.61 Å². The van der Waals surface area contributed by atoms with Gasteiger partial charge in [-0.2, -0.15) is 0 Å². The summed E-state index contributed by atoms with van der Waals surface area (Å²) < 4.78 is 10.8. The van der Waals surface area contributed by atoms with Gasteiger partial charge in [-0.05, 0) is 54.8 Å². The van der Waals surface area contributed by atoms with Gasteiger partial charge in [0.1, 0.15) is 18.4 Å². The summed E-state index contributed by atoms with van der Waals surface area (Å²) in [5.74, 6) is 0.680. The predicted molar refractivity (Wildman–Crippen MR) is 113 cm³/mol. The zero-order valence-electron chi connectivity index (χ0n) is 16.1. The van der Waals surface area contributed by atoms with E-state index in [0.29, 0.717) is 23.9 Å². The highest BCUT2D eigenvalue weighted by Gasteiger charge is 2.35. The van der Waals surface area contributed by atoms with Crippen LogP contribution in [0.15, 0.2) is 42.5 Å². The first-order valence-corrected chi connectivity index (χ1v) is 9.95. The van der Waals surface area contributed by atoms with Crippen LogP contribution in [0.25, 0.3) is 10.9 Å². The van der Waals surface area contributed by atoms with Crippen molar-refractivity contribution in [3.8, 4) is 5.75 Å². The van der Waals surface area contributed by atoms with Crippen molar-refractivity contribution in [2.45, 2.75) is 19.4 Å². The van der Waals surface area contributed by atoms with Gasteiger partial charge in [0.2, 0.25) is 0 Å². The third-order valence-corrected chi connectivity index (χ3v) is 5.36. The molecular formula is C22H22ClN3O3. The van der Waals surface area contributed by atoms with E-state index in [4.69, 9.17) is 26.5 Å². The van der Waals surface area contributed by atoms with Gasteiger partial charge in [-0.15, -0.1) is 0 Å². The lowest BCUT2D eigenvalue weighted by atomic mass is 9.92. The van der Waals surface area contributed by atoms with E-state index in [9.17, 15) is 4.79 Å². The molecule has 2 aromatic carbocycles. The average molecular weight is 412 g/mol. The summed E-state index contributed by atoms with van der Waals surface area (Å²) in [7, 11) is 0. The molecule has 1 aliphatic heterocycles. The Kier molecular flexibility index (Phi) is 5.45. The number of aromatic nitrogens is 1. The molecule has 0 fully saturated rings. The number of H-pyrrole nitrogens is 1. The van der Waals surface area contributed by atoms with Crippen LogP contribution in [0.3, 0.4) is 0 Å². The first kappa shape index (κ1) is 19.3. The number of nitrogens with one attached hydrogen (secondary N) is 2. The average Bonchev–Trinajstić information content (AvgIpc) is 3.10. The molecule has 1 atom stereocenters. The molecule has 2 N–H and O–H groups in total. The molecule has 4 rings (SSSR count). The number of carbonyl (C=O) groups excluding carboxylic acids is 1. The molecule has 0 saturated heterocycles. The highest BCUT2D eigenvalue weighted by molar-refractivity contribution is 6.31. The molecule has 0 bridgehead atoms. The fourth-order valence-corrected chi connectivity index (χ4v) is 4.07. The van der Waals surface area contributed by atoms with Crippen LogP contribution >= 0.6 is 11.6 Å². The van der Waals surface area contributed by atoms with Gasteiger partial charge >= 0.3 is 6.09 Å². The van der Waals surface area contributed by atoms with Crippen molar-refractivity contribution in [3.05, 3.63) is 64.3 Å². The number of rotatable bonds is 5. The van der Waals surface area contributed by atoms with Crippen LogP contribution in [0, 0.1) is 5.41 Å². The molecule has 1 amide bonds. The van der Waals surface area contributed by atoms with E-state index in [0.717, 1.165) is 28.6 Å². The standard InChI is InChI=1S/C22H22ClN3O3/c1-2-28-22(27)26-11-9-17-18-13-15(23)5-8-19(18)25-20(17)21(26)14-3-6-16(7-4-14)29-12-10-24/h3-8,10,13,21,24-25H,2,9,11-12H2,1H3. The Bertz CT molecular complexity index is 1050. The number of carbonyl (C=O) groups is 1. The van der Waals surface area contributed by atoms with Crippen LogP contribution in [0.4, 0.5) is 4.79 Å². The summed E-state index contributed by atoms with van der Waals surface area (Å²) >= 11 is 6.22. The number of fused-ring (bicyclic) bond motifs is 3. The molecule has 0 saturated carbocycles. The molecule has 7 heteroatoms. The third-order valence-electron chi connectivity index (χ3n) is 5.12. The van der Waals surface area contributed by atoms with Crippen molar-refractivity contribution in [2.24, 2.45) is 0 Å². The van der Waals surface area contributed by atoms with E-state index in [1.54, 1.807) is 4.90 Å². The topological polar surface area (TPSA) is 78.4 Å². The lowest BCUT2D eigenvalue weighted by molar-refractivity contribution is 0.0932. The zero-order valence-corrected chi connectivity index (χ0v) is 16.8. The molecule has 6 nitrogen and oxygen atoms in total. The number of ether oxygens (including phenoxy) is 2. The quantitative estimate of drug-likeness (QED) is 0.583. The number of hydrogen-bond acceptors (Lipinski definition) is 4. The van der Waals surface area contributed by atoms with E-state index < -0.39 is 0 Å². The molecule has 0 aliphatic carbocycles. The second-order valence-corrected chi connectivity index (χ2v) is 7.27. The van der Waals surface area contributed by atoms with Crippen LogP contribution in [0.2, 0.25) is 5.02 Å². The molecule has 0 radical (unpaired) electrons. The van der Waals surface area contributed by atoms with Crippen molar-refractivity contribution < 1.29 is 14.3 Å². The van der Waals surface area contributed by atoms with Crippen molar-refractivity contribution in [1.82, 2.24) is 9.88 Å². The van der Waals surface area contributed by atoms with Gasteiger partial charge in [-0.25, -0.2) is 4.79 Å². The number of hydrogen-bond donors (Lipinski definition) is 2. The van der Waals surface area contributed by atoms with Gasteiger partial charge < -0.3 is 19.9 Å². The normalized spacial score (nSPS) is 15.8. The number of amides is 1. The van der Waals surface area contributed by atoms with E-state index in [1.807, 2.05) is 49.4 Å². The minimum atomic E-state index is -0.330. The Hall–Kier alpha value is -2.99. The number of nitrogens with zero attached hydrogens (tertiary/aromatic N) is 1. The molecule has 29 heavy (non-hydrogen) atoms. The van der Waals surface area contributed by atoms with Crippen LogP contribution < -0.4 is 4.74 Å². The first-order chi connectivity index (χ1) is 14.1. The highest BCUT2D eigenvalue weighted by atomic mass is 35.5. The van der Waals surface area contributed by atoms with Crippen LogP contribution in [-0.4, -0.2) is 42.0 Å². The summed E-state index contributed by atoms with van der Waals surface area (Å²) in [5, 5.41) is 8.88. The fraction of sp³-hybridized carbons (Fsp3) is 0.273. The van der Waals surface area contributed by atoms with Gasteiger partial charge in [0, 0.05) is 34.4 Å². The van der Waals surface area contributed by atoms with E-state index in [2.05, 4.69) is 4.98 Å². The summed E-state index contributed by atoms with van der Waals surface area (Å²) in [6.07, 6.45) is 1.61. The Morgan fingerprint density at radius 1 is 1.31 bits per heavy atom.